The number of hydrogen-bond acceptors (Lipinski definition) is 10. The lowest BCUT2D eigenvalue weighted by molar-refractivity contribution is -0.243. The van der Waals surface area contributed by atoms with Crippen LogP contribution in [0.2, 0.25) is 0 Å². The maximum Gasteiger partial charge on any atom is 0.200 e. The Kier molecular flexibility index (Phi) is 101. The molecule has 0 saturated carbocycles. The molecule has 0 aliphatic rings. The molecule has 0 amide bonds. The van der Waals surface area contributed by atoms with E-state index in [-0.39, 0.29) is 6.42 Å². The van der Waals surface area contributed by atoms with E-state index in [1.165, 1.54) is 550 Å². The van der Waals surface area contributed by atoms with E-state index in [9.17, 15) is 50.2 Å². The number of unbranched alkanes of at least 4 members (excludes halogenated alkanes) is 90. The fourth-order valence-corrected chi connectivity index (χ4v) is 23.4. The third-order valence-corrected chi connectivity index (χ3v) is 33.3. The van der Waals surface area contributed by atoms with Crippen LogP contribution >= 0.6 is 16.8 Å². The molecule has 0 spiro atoms. The first-order chi connectivity index (χ1) is 67.7. The first kappa shape index (κ1) is 135. The van der Waals surface area contributed by atoms with Gasteiger partial charge in [-0.3, -0.25) is 0 Å². The van der Waals surface area contributed by atoms with Gasteiger partial charge in [-0.25, -0.2) is 0 Å². The van der Waals surface area contributed by atoms with Crippen molar-refractivity contribution in [3.63, 3.8) is 0 Å². The monoisotopic (exact) mass is 1980 g/mol. The van der Waals surface area contributed by atoms with Gasteiger partial charge >= 0.3 is 0 Å². The van der Waals surface area contributed by atoms with Crippen molar-refractivity contribution in [2.45, 2.75) is 726 Å². The van der Waals surface area contributed by atoms with E-state index >= 15 is 0 Å². The SMILES string of the molecule is CCCCCCCCCCCCCCCCCCC(O)(CCCCCCCCCCCCCCCCCC)[C@@](O)(CCCCCCCCCCCCCCCCCC)[C@@H](O)[C@H](O)[C@H](O)CO.CCCCCCCCCCCCCCCCCCc1cc(-c2ccc(P(O)O)cc2)c(CCCCCCCCCCCCCCCCCC)c(CCCCCCCCCCCCCCCCCC)c1P(O)O. The molecule has 0 bridgehead atoms. The highest BCUT2D eigenvalue weighted by atomic mass is 31.2. The molecule has 10 N–H and O–H groups in total. The van der Waals surface area contributed by atoms with Gasteiger partial charge < -0.3 is 50.2 Å². The molecule has 0 aliphatic heterocycles. The maximum absolute atomic E-state index is 12.6. The second kappa shape index (κ2) is 103. The maximum atomic E-state index is 12.6. The molecule has 0 aromatic heterocycles. The summed E-state index contributed by atoms with van der Waals surface area (Å²) in [5.41, 5.74) is 2.41. The number of aliphatic hydroxyl groups is 6. The van der Waals surface area contributed by atoms with Gasteiger partial charge in [0.05, 0.1) is 12.2 Å². The lowest BCUT2D eigenvalue weighted by Crippen LogP contribution is -2.65. The first-order valence-electron chi connectivity index (χ1n) is 62.4. The Balaban J connectivity index is 0.00000139. The molecule has 12 heteroatoms. The van der Waals surface area contributed by atoms with Gasteiger partial charge in [0.15, 0.2) is 16.8 Å². The van der Waals surface area contributed by atoms with E-state index in [2.05, 4.69) is 59.7 Å². The van der Waals surface area contributed by atoms with E-state index in [0.29, 0.717) is 24.6 Å². The third-order valence-electron chi connectivity index (χ3n) is 31.6. The average molecular weight is 1980 g/mol. The predicted molar refractivity (Wildman–Crippen MR) is 611 cm³/mol. The van der Waals surface area contributed by atoms with E-state index in [4.69, 9.17) is 0 Å². The molecule has 0 heterocycles. The van der Waals surface area contributed by atoms with Crippen LogP contribution in [0.3, 0.4) is 0 Å². The smallest absolute Gasteiger partial charge is 0.200 e. The summed E-state index contributed by atoms with van der Waals surface area (Å²) in [5.74, 6) is 0. The zero-order valence-corrected chi connectivity index (χ0v) is 95.1. The number of rotatable bonds is 110. The van der Waals surface area contributed by atoms with E-state index in [1.807, 2.05) is 12.1 Å². The van der Waals surface area contributed by atoms with Crippen LogP contribution in [0.4, 0.5) is 0 Å². The van der Waals surface area contributed by atoms with Crippen molar-refractivity contribution in [3.8, 4) is 11.1 Å². The van der Waals surface area contributed by atoms with Crippen molar-refractivity contribution in [2.24, 2.45) is 0 Å². The van der Waals surface area contributed by atoms with E-state index in [1.54, 1.807) is 0 Å². The summed E-state index contributed by atoms with van der Waals surface area (Å²) in [6.07, 6.45) is 124. The van der Waals surface area contributed by atoms with Crippen LogP contribution in [0.5, 0.6) is 0 Å². The minimum absolute atomic E-state index is 0.163. The topological polar surface area (TPSA) is 202 Å². The molecule has 0 saturated heterocycles. The van der Waals surface area contributed by atoms with Crippen LogP contribution < -0.4 is 10.6 Å². The Morgan fingerprint density at radius 1 is 0.232 bits per heavy atom. The fourth-order valence-electron chi connectivity index (χ4n) is 22.1. The molecule has 0 fully saturated rings. The summed E-state index contributed by atoms with van der Waals surface area (Å²) in [7, 11) is -4.39. The highest BCUT2D eigenvalue weighted by Crippen LogP contribution is 2.43. The van der Waals surface area contributed by atoms with Crippen LogP contribution in [0.15, 0.2) is 30.3 Å². The van der Waals surface area contributed by atoms with Gasteiger partial charge in [-0.05, 0) is 97.7 Å². The summed E-state index contributed by atoms with van der Waals surface area (Å²) < 4.78 is 0. The third kappa shape index (κ3) is 77.3. The molecule has 2 aromatic carbocycles. The van der Waals surface area contributed by atoms with Gasteiger partial charge in [-0.15, -0.1) is 0 Å². The van der Waals surface area contributed by atoms with Gasteiger partial charge in [0.2, 0.25) is 0 Å². The Morgan fingerprint density at radius 3 is 0.638 bits per heavy atom. The Morgan fingerprint density at radius 2 is 0.428 bits per heavy atom. The molecular formula is C126H242O10P2. The Labute approximate surface area is 862 Å². The molecule has 2 aromatic rings. The van der Waals surface area contributed by atoms with E-state index < -0.39 is 52.9 Å². The summed E-state index contributed by atoms with van der Waals surface area (Å²) >= 11 is 0. The zero-order valence-electron chi connectivity index (χ0n) is 93.3. The first-order valence-corrected chi connectivity index (χ1v) is 64.9. The number of benzene rings is 2. The number of hydrogen-bond donors (Lipinski definition) is 10. The lowest BCUT2D eigenvalue weighted by Gasteiger charge is -2.48. The minimum Gasteiger partial charge on any atom is -0.394 e. The summed E-state index contributed by atoms with van der Waals surface area (Å²) in [4.78, 5) is 42.7. The molecule has 0 unspecified atom stereocenters. The van der Waals surface area contributed by atoms with Crippen LogP contribution in [0.1, 0.15) is 694 Å². The van der Waals surface area contributed by atoms with Gasteiger partial charge in [0.25, 0.3) is 0 Å². The van der Waals surface area contributed by atoms with Crippen molar-refractivity contribution in [3.05, 3.63) is 47.0 Å². The Hall–Kier alpha value is -1.10. The summed E-state index contributed by atoms with van der Waals surface area (Å²) in [5, 5.41) is 69.3. The second-order valence-corrected chi connectivity index (χ2v) is 46.6. The van der Waals surface area contributed by atoms with Crippen molar-refractivity contribution in [2.75, 3.05) is 6.61 Å². The molecule has 816 valence electrons. The molecule has 4 atom stereocenters. The van der Waals surface area contributed by atoms with Gasteiger partial charge in [0.1, 0.15) is 23.9 Å². The predicted octanol–water partition coefficient (Wildman–Crippen LogP) is 39.1. The molecular weight excluding hydrogens is 1740 g/mol. The highest BCUT2D eigenvalue weighted by Gasteiger charge is 2.55. The van der Waals surface area contributed by atoms with Crippen molar-refractivity contribution < 1.29 is 50.2 Å². The van der Waals surface area contributed by atoms with E-state index in [0.717, 1.165) is 113 Å². The summed E-state index contributed by atoms with van der Waals surface area (Å²) in [6, 6.07) is 10.2. The van der Waals surface area contributed by atoms with Crippen molar-refractivity contribution >= 4 is 27.4 Å². The molecule has 0 radical (unpaired) electrons. The minimum atomic E-state index is -2.24. The normalized spacial score (nSPS) is 13.1. The largest absolute Gasteiger partial charge is 0.394 e. The highest BCUT2D eigenvalue weighted by molar-refractivity contribution is 7.54. The van der Waals surface area contributed by atoms with Crippen LogP contribution in [0.25, 0.3) is 11.1 Å². The molecule has 2 rings (SSSR count). The van der Waals surface area contributed by atoms with Crippen molar-refractivity contribution in [1.82, 2.24) is 0 Å². The quantitative estimate of drug-likeness (QED) is 0.0224. The molecule has 0 aliphatic carbocycles. The number of aliphatic hydroxyl groups excluding tert-OH is 4. The molecule has 138 heavy (non-hydrogen) atoms. The Bertz CT molecular complexity index is 2710. The van der Waals surface area contributed by atoms with Gasteiger partial charge in [0, 0.05) is 10.6 Å². The summed E-state index contributed by atoms with van der Waals surface area (Å²) in [6.45, 7) is 13.0. The average Bonchev–Trinajstić information content (AvgIpc) is 0.754. The lowest BCUT2D eigenvalue weighted by atomic mass is 9.68. The zero-order chi connectivity index (χ0) is 100. The van der Waals surface area contributed by atoms with Gasteiger partial charge in [-0.2, -0.15) is 0 Å². The number of aryl methyl sites for hydroxylation is 1. The molecule has 10 nitrogen and oxygen atoms in total. The van der Waals surface area contributed by atoms with Crippen LogP contribution in [-0.4, -0.2) is 86.3 Å². The fraction of sp³-hybridized carbons (Fsp3) is 0.905. The van der Waals surface area contributed by atoms with Gasteiger partial charge in [-0.1, -0.05) is 657 Å². The second-order valence-electron chi connectivity index (χ2n) is 44.5. The van der Waals surface area contributed by atoms with Crippen LogP contribution in [0, 0.1) is 0 Å². The standard InChI is InChI=1S/C66H120O4P2.C60H122O6/c1-4-7-10-13-16-19-22-25-28-31-34-37-40-43-46-49-52-61-59-65(60-55-57-62(58-56-60)71(67)68)63(53-50-47-44-41-38-35-32-29-26-23-20-17-14-11-8-5-2)64(66(61)72(69)70)54-51-48-45-42-39-36-33-30-27-24-21-18-15-12-9-6-3;1-4-7-10-13-16-19-22-25-28-31-34-37-40-43-46-49-52-59(65,53-50-47-44-41-38-35-32-29-26-23-20-17-14-11-8-5-2)60(66,58(64)57(63)56(62)55-61)54-51-48-45-42-39-36-33-30-27-24-21-18-15-12-9-6-3/h55-59,67-70H,4-54H2,1-3H3;56-58,61-66H,4-55H2,1-3H3/t;56-,57-,58+,60-/m.1/s1. The van der Waals surface area contributed by atoms with Crippen LogP contribution in [-0.2, 0) is 19.3 Å². The van der Waals surface area contributed by atoms with Crippen molar-refractivity contribution in [1.29, 1.82) is 0 Å².